The molecule has 0 saturated carbocycles. The van der Waals surface area contributed by atoms with Crippen LogP contribution in [-0.4, -0.2) is 24.4 Å². The van der Waals surface area contributed by atoms with Gasteiger partial charge in [0.15, 0.2) is 17.2 Å². The van der Waals surface area contributed by atoms with Crippen molar-refractivity contribution in [2.24, 2.45) is 4.99 Å². The van der Waals surface area contributed by atoms with E-state index in [9.17, 15) is 9.59 Å². The number of benzene rings is 3. The van der Waals surface area contributed by atoms with E-state index in [1.54, 1.807) is 66.7 Å². The lowest BCUT2D eigenvalue weighted by Gasteiger charge is -2.11. The molecule has 33 heavy (non-hydrogen) atoms. The van der Waals surface area contributed by atoms with Crippen molar-refractivity contribution >= 4 is 47.1 Å². The Hall–Kier alpha value is -3.61. The minimum atomic E-state index is -0.598. The van der Waals surface area contributed by atoms with Crippen LogP contribution in [0.1, 0.15) is 28.4 Å². The zero-order valence-corrected chi connectivity index (χ0v) is 18.9. The molecule has 0 bridgehead atoms. The molecule has 4 rings (SSSR count). The maximum Gasteiger partial charge on any atom is 0.363 e. The van der Waals surface area contributed by atoms with Gasteiger partial charge in [-0.05, 0) is 61.0 Å². The molecule has 1 aliphatic rings. The Labute approximate surface area is 200 Å². The van der Waals surface area contributed by atoms with Crippen molar-refractivity contribution in [3.63, 3.8) is 0 Å². The van der Waals surface area contributed by atoms with E-state index in [0.29, 0.717) is 39.1 Å². The summed E-state index contributed by atoms with van der Waals surface area (Å²) in [4.78, 5) is 29.1. The highest BCUT2D eigenvalue weighted by molar-refractivity contribution is 6.34. The summed E-state index contributed by atoms with van der Waals surface area (Å²) in [6.45, 7) is 2.15. The average Bonchev–Trinajstić information content (AvgIpc) is 3.15. The molecule has 8 heteroatoms. The Morgan fingerprint density at radius 3 is 2.61 bits per heavy atom. The standard InChI is InChI=1S/C25H17Cl2NO5/c1-2-31-22-13-15(10-11-21(22)32-24(29)16-6-5-7-17(26)14-16)12-20-25(30)33-23(28-20)18-8-3-4-9-19(18)27/h3-14H,2H2,1H3/b20-12-. The van der Waals surface area contributed by atoms with Gasteiger partial charge >= 0.3 is 11.9 Å². The highest BCUT2D eigenvalue weighted by Crippen LogP contribution is 2.31. The van der Waals surface area contributed by atoms with Crippen molar-refractivity contribution in [3.8, 4) is 11.5 Å². The highest BCUT2D eigenvalue weighted by atomic mass is 35.5. The summed E-state index contributed by atoms with van der Waals surface area (Å²) in [7, 11) is 0. The number of halogens is 2. The predicted octanol–water partition coefficient (Wildman–Crippen LogP) is 5.96. The summed E-state index contributed by atoms with van der Waals surface area (Å²) in [5, 5.41) is 0.853. The van der Waals surface area contributed by atoms with E-state index in [4.69, 9.17) is 37.4 Å². The minimum Gasteiger partial charge on any atom is -0.490 e. The van der Waals surface area contributed by atoms with E-state index in [1.165, 1.54) is 6.07 Å². The Morgan fingerprint density at radius 1 is 1.03 bits per heavy atom. The third-order valence-corrected chi connectivity index (χ3v) is 5.12. The van der Waals surface area contributed by atoms with Crippen LogP contribution in [-0.2, 0) is 9.53 Å². The number of cyclic esters (lactones) is 1. The normalized spacial score (nSPS) is 14.1. The summed E-state index contributed by atoms with van der Waals surface area (Å²) < 4.78 is 16.4. The van der Waals surface area contributed by atoms with Gasteiger partial charge in [-0.1, -0.05) is 47.5 Å². The van der Waals surface area contributed by atoms with Crippen LogP contribution in [0.4, 0.5) is 0 Å². The molecule has 0 fully saturated rings. The number of ether oxygens (including phenoxy) is 3. The Kier molecular flexibility index (Phi) is 6.77. The van der Waals surface area contributed by atoms with Gasteiger partial charge in [-0.15, -0.1) is 0 Å². The predicted molar refractivity (Wildman–Crippen MR) is 126 cm³/mol. The van der Waals surface area contributed by atoms with E-state index in [-0.39, 0.29) is 17.3 Å². The smallest absolute Gasteiger partial charge is 0.363 e. The van der Waals surface area contributed by atoms with Crippen LogP contribution in [0.5, 0.6) is 11.5 Å². The maximum absolute atomic E-state index is 12.5. The summed E-state index contributed by atoms with van der Waals surface area (Å²) in [6.07, 6.45) is 1.55. The second-order valence-electron chi connectivity index (χ2n) is 6.85. The Bertz CT molecular complexity index is 1300. The first kappa shape index (κ1) is 22.6. The number of hydrogen-bond donors (Lipinski definition) is 0. The number of rotatable bonds is 6. The molecule has 0 spiro atoms. The van der Waals surface area contributed by atoms with E-state index >= 15 is 0 Å². The van der Waals surface area contributed by atoms with Crippen LogP contribution in [0.15, 0.2) is 77.4 Å². The van der Waals surface area contributed by atoms with E-state index < -0.39 is 11.9 Å². The molecule has 6 nitrogen and oxygen atoms in total. The van der Waals surface area contributed by atoms with E-state index in [1.807, 2.05) is 6.92 Å². The van der Waals surface area contributed by atoms with Crippen LogP contribution in [0.3, 0.4) is 0 Å². The fraction of sp³-hybridized carbons (Fsp3) is 0.0800. The topological polar surface area (TPSA) is 74.2 Å². The number of carbonyl (C=O) groups is 2. The Morgan fingerprint density at radius 2 is 1.85 bits per heavy atom. The molecule has 1 heterocycles. The minimum absolute atomic E-state index is 0.107. The molecule has 3 aromatic carbocycles. The molecule has 0 atom stereocenters. The fourth-order valence-electron chi connectivity index (χ4n) is 3.06. The SMILES string of the molecule is CCOc1cc(/C=C2\N=C(c3ccccc3Cl)OC2=O)ccc1OC(=O)c1cccc(Cl)c1. The van der Waals surface area contributed by atoms with Gasteiger partial charge in [-0.2, -0.15) is 0 Å². The molecule has 0 amide bonds. The van der Waals surface area contributed by atoms with Crippen LogP contribution in [0.25, 0.3) is 6.08 Å². The average molecular weight is 482 g/mol. The zero-order valence-electron chi connectivity index (χ0n) is 17.4. The molecule has 1 aliphatic heterocycles. The first-order chi connectivity index (χ1) is 15.9. The summed E-state index contributed by atoms with van der Waals surface area (Å²) in [6, 6.07) is 18.3. The van der Waals surface area contributed by atoms with Gasteiger partial charge in [0.05, 0.1) is 22.8 Å². The quantitative estimate of drug-likeness (QED) is 0.246. The molecule has 0 radical (unpaired) electrons. The van der Waals surface area contributed by atoms with Crippen molar-refractivity contribution in [1.82, 2.24) is 0 Å². The summed E-state index contributed by atoms with van der Waals surface area (Å²) >= 11 is 12.1. The molecular weight excluding hydrogens is 465 g/mol. The van der Waals surface area contributed by atoms with Gasteiger partial charge in [0.25, 0.3) is 0 Å². The lowest BCUT2D eigenvalue weighted by Crippen LogP contribution is -2.09. The molecule has 166 valence electrons. The van der Waals surface area contributed by atoms with Crippen molar-refractivity contribution in [3.05, 3.63) is 99.2 Å². The second kappa shape index (κ2) is 9.90. The molecule has 0 unspecified atom stereocenters. The van der Waals surface area contributed by atoms with Crippen LogP contribution >= 0.6 is 23.2 Å². The van der Waals surface area contributed by atoms with Gasteiger partial charge in [0.2, 0.25) is 5.90 Å². The van der Waals surface area contributed by atoms with Crippen LogP contribution in [0.2, 0.25) is 10.0 Å². The third-order valence-electron chi connectivity index (χ3n) is 4.56. The molecule has 0 N–H and O–H groups in total. The van der Waals surface area contributed by atoms with Gasteiger partial charge in [0, 0.05) is 5.02 Å². The van der Waals surface area contributed by atoms with Gasteiger partial charge in [-0.3, -0.25) is 0 Å². The largest absolute Gasteiger partial charge is 0.490 e. The number of hydrogen-bond acceptors (Lipinski definition) is 6. The maximum atomic E-state index is 12.5. The lowest BCUT2D eigenvalue weighted by molar-refractivity contribution is -0.129. The summed E-state index contributed by atoms with van der Waals surface area (Å²) in [5.41, 5.74) is 1.55. The monoisotopic (exact) mass is 481 g/mol. The number of nitrogens with zero attached hydrogens (tertiary/aromatic N) is 1. The lowest BCUT2D eigenvalue weighted by atomic mass is 10.1. The third kappa shape index (κ3) is 5.25. The zero-order chi connectivity index (χ0) is 23.4. The summed E-state index contributed by atoms with van der Waals surface area (Å²) in [5.74, 6) is -0.465. The number of carbonyl (C=O) groups excluding carboxylic acids is 2. The fourth-order valence-corrected chi connectivity index (χ4v) is 3.47. The van der Waals surface area contributed by atoms with Gasteiger partial charge < -0.3 is 14.2 Å². The first-order valence-electron chi connectivity index (χ1n) is 9.96. The van der Waals surface area contributed by atoms with Crippen molar-refractivity contribution < 1.29 is 23.8 Å². The molecule has 0 saturated heterocycles. The molecule has 0 aliphatic carbocycles. The number of aliphatic imine (C=N–C) groups is 1. The highest BCUT2D eigenvalue weighted by Gasteiger charge is 2.25. The van der Waals surface area contributed by atoms with Crippen LogP contribution in [0, 0.1) is 0 Å². The second-order valence-corrected chi connectivity index (χ2v) is 7.70. The van der Waals surface area contributed by atoms with Crippen molar-refractivity contribution in [2.45, 2.75) is 6.92 Å². The first-order valence-corrected chi connectivity index (χ1v) is 10.7. The number of esters is 2. The van der Waals surface area contributed by atoms with Gasteiger partial charge in [0.1, 0.15) is 0 Å². The van der Waals surface area contributed by atoms with Crippen molar-refractivity contribution in [2.75, 3.05) is 6.61 Å². The molecule has 3 aromatic rings. The molecular formula is C25H17Cl2NO5. The van der Waals surface area contributed by atoms with Gasteiger partial charge in [-0.25, -0.2) is 14.6 Å². The van der Waals surface area contributed by atoms with E-state index in [2.05, 4.69) is 4.99 Å². The van der Waals surface area contributed by atoms with E-state index in [0.717, 1.165) is 0 Å². The molecule has 0 aromatic heterocycles. The van der Waals surface area contributed by atoms with Crippen LogP contribution < -0.4 is 9.47 Å². The van der Waals surface area contributed by atoms with Crippen molar-refractivity contribution in [1.29, 1.82) is 0 Å². The Balaban J connectivity index is 1.61.